The molecule has 0 saturated carbocycles. The van der Waals surface area contributed by atoms with Crippen LogP contribution >= 0.6 is 0 Å². The van der Waals surface area contributed by atoms with Crippen molar-refractivity contribution in [2.75, 3.05) is 0 Å². The van der Waals surface area contributed by atoms with E-state index in [9.17, 15) is 19.5 Å². The van der Waals surface area contributed by atoms with Crippen LogP contribution in [0.3, 0.4) is 0 Å². The number of aromatic nitrogens is 1. The molecular formula is C19H23NO6. The first-order valence-electron chi connectivity index (χ1n) is 8.60. The Kier molecular flexibility index (Phi) is 4.01. The number of hydrogen-bond donors (Lipinski definition) is 1. The number of cyclic esters (lactones) is 1. The molecular weight excluding hydrogens is 338 g/mol. The lowest BCUT2D eigenvalue weighted by Crippen LogP contribution is -2.42. The Morgan fingerprint density at radius 1 is 1.38 bits per heavy atom. The normalized spacial score (nSPS) is 22.0. The van der Waals surface area contributed by atoms with Crippen LogP contribution in [0.1, 0.15) is 57.9 Å². The summed E-state index contributed by atoms with van der Waals surface area (Å²) < 4.78 is 11.8. The summed E-state index contributed by atoms with van der Waals surface area (Å²) in [6, 6.07) is 1.62. The number of nitrogens with zero attached hydrogens (tertiary/aromatic N) is 1. The largest absolute Gasteiger partial charge is 0.505 e. The lowest BCUT2D eigenvalue weighted by Gasteiger charge is -2.33. The van der Waals surface area contributed by atoms with Gasteiger partial charge >= 0.3 is 11.9 Å². The number of ether oxygens (including phenoxy) is 2. The molecule has 1 unspecified atom stereocenters. The summed E-state index contributed by atoms with van der Waals surface area (Å²) in [7, 11) is 0. The highest BCUT2D eigenvalue weighted by Crippen LogP contribution is 2.37. The maximum atomic E-state index is 12.9. The maximum Gasteiger partial charge on any atom is 0.340 e. The van der Waals surface area contributed by atoms with Gasteiger partial charge in [-0.25, -0.2) is 4.79 Å². The number of rotatable bonds is 2. The predicted molar refractivity (Wildman–Crippen MR) is 93.5 cm³/mol. The first-order valence-corrected chi connectivity index (χ1v) is 8.60. The molecule has 0 amide bonds. The third-order valence-electron chi connectivity index (χ3n) is 4.99. The van der Waals surface area contributed by atoms with E-state index >= 15 is 0 Å². The first-order chi connectivity index (χ1) is 12.0. The van der Waals surface area contributed by atoms with Crippen LogP contribution in [0, 0.1) is 0 Å². The SMILES string of the molecule is CCC1(C)C(=O)OCc2c1cc1n(c2=O)CC(C(=O)OC(C)(C)C)=C1O. The molecule has 0 fully saturated rings. The zero-order chi connectivity index (χ0) is 19.4. The van der Waals surface area contributed by atoms with Gasteiger partial charge in [0.25, 0.3) is 5.56 Å². The van der Waals surface area contributed by atoms with E-state index in [0.717, 1.165) is 0 Å². The zero-order valence-electron chi connectivity index (χ0n) is 15.6. The van der Waals surface area contributed by atoms with Gasteiger partial charge in [0.2, 0.25) is 0 Å². The molecule has 0 radical (unpaired) electrons. The fourth-order valence-corrected chi connectivity index (χ4v) is 3.30. The van der Waals surface area contributed by atoms with Crippen molar-refractivity contribution in [1.29, 1.82) is 0 Å². The number of fused-ring (bicyclic) bond motifs is 2. The number of hydrogen-bond acceptors (Lipinski definition) is 6. The van der Waals surface area contributed by atoms with Gasteiger partial charge in [0.05, 0.1) is 23.2 Å². The van der Waals surface area contributed by atoms with Gasteiger partial charge in [0.15, 0.2) is 5.76 Å². The summed E-state index contributed by atoms with van der Waals surface area (Å²) in [6.07, 6.45) is 0.450. The van der Waals surface area contributed by atoms with Crippen LogP contribution in [0.15, 0.2) is 16.4 Å². The third kappa shape index (κ3) is 2.62. The molecule has 7 nitrogen and oxygen atoms in total. The lowest BCUT2D eigenvalue weighted by atomic mass is 9.76. The third-order valence-corrected chi connectivity index (χ3v) is 4.99. The Morgan fingerprint density at radius 3 is 2.62 bits per heavy atom. The number of esters is 2. The molecule has 1 atom stereocenters. The van der Waals surface area contributed by atoms with E-state index in [2.05, 4.69) is 0 Å². The number of carbonyl (C=O) groups is 2. The van der Waals surface area contributed by atoms with E-state index in [1.165, 1.54) is 4.57 Å². The minimum Gasteiger partial charge on any atom is -0.505 e. The summed E-state index contributed by atoms with van der Waals surface area (Å²) >= 11 is 0. The minimum atomic E-state index is -0.961. The number of aliphatic hydroxyl groups is 1. The molecule has 0 aliphatic carbocycles. The van der Waals surface area contributed by atoms with Gasteiger partial charge in [-0.2, -0.15) is 0 Å². The van der Waals surface area contributed by atoms with Crippen molar-refractivity contribution in [2.24, 2.45) is 0 Å². The molecule has 0 bridgehead atoms. The van der Waals surface area contributed by atoms with E-state index in [0.29, 0.717) is 17.5 Å². The van der Waals surface area contributed by atoms with Crippen LogP contribution in [0.4, 0.5) is 0 Å². The lowest BCUT2D eigenvalue weighted by molar-refractivity contribution is -0.153. The van der Waals surface area contributed by atoms with E-state index < -0.39 is 23.0 Å². The van der Waals surface area contributed by atoms with Crippen LogP contribution in [0.25, 0.3) is 5.76 Å². The highest BCUT2D eigenvalue weighted by Gasteiger charge is 2.43. The van der Waals surface area contributed by atoms with Crippen LogP contribution in [-0.2, 0) is 37.6 Å². The predicted octanol–water partition coefficient (Wildman–Crippen LogP) is 2.20. The highest BCUT2D eigenvalue weighted by molar-refractivity contribution is 5.97. The van der Waals surface area contributed by atoms with E-state index in [1.54, 1.807) is 33.8 Å². The maximum absolute atomic E-state index is 12.9. The molecule has 0 spiro atoms. The average molecular weight is 361 g/mol. The number of carbonyl (C=O) groups excluding carboxylic acids is 2. The summed E-state index contributed by atoms with van der Waals surface area (Å²) in [4.78, 5) is 37.5. The molecule has 2 aliphatic heterocycles. The van der Waals surface area contributed by atoms with E-state index in [-0.39, 0.29) is 35.7 Å². The fourth-order valence-electron chi connectivity index (χ4n) is 3.30. The number of aliphatic hydroxyl groups excluding tert-OH is 1. The molecule has 0 aromatic carbocycles. The Hall–Kier alpha value is -2.57. The van der Waals surface area contributed by atoms with Crippen LogP contribution in [0.2, 0.25) is 0 Å². The Balaban J connectivity index is 2.13. The van der Waals surface area contributed by atoms with Gasteiger partial charge in [-0.15, -0.1) is 0 Å². The van der Waals surface area contributed by atoms with E-state index in [1.807, 2.05) is 6.92 Å². The zero-order valence-corrected chi connectivity index (χ0v) is 15.6. The van der Waals surface area contributed by atoms with Gasteiger partial charge in [0.1, 0.15) is 17.8 Å². The first kappa shape index (κ1) is 18.2. The average Bonchev–Trinajstić information content (AvgIpc) is 2.88. The topological polar surface area (TPSA) is 94.8 Å². The van der Waals surface area contributed by atoms with Crippen LogP contribution in [0.5, 0.6) is 0 Å². The molecule has 26 heavy (non-hydrogen) atoms. The second-order valence-electron chi connectivity index (χ2n) is 7.90. The Bertz CT molecular complexity index is 902. The Morgan fingerprint density at radius 2 is 2.04 bits per heavy atom. The molecule has 140 valence electrons. The smallest absolute Gasteiger partial charge is 0.340 e. The van der Waals surface area contributed by atoms with Gasteiger partial charge in [0, 0.05) is 0 Å². The van der Waals surface area contributed by atoms with Gasteiger partial charge in [-0.05, 0) is 45.7 Å². The standard InChI is InChI=1S/C19H23NO6/c1-6-19(5)12-7-13-14(21)10(16(23)26-18(2,3)4)8-20(13)15(22)11(12)9-25-17(19)24/h7,21H,6,8-9H2,1-5H3. The number of pyridine rings is 1. The second kappa shape index (κ2) is 5.72. The van der Waals surface area contributed by atoms with Crippen molar-refractivity contribution < 1.29 is 24.2 Å². The van der Waals surface area contributed by atoms with E-state index in [4.69, 9.17) is 9.47 Å². The van der Waals surface area contributed by atoms with Crippen molar-refractivity contribution in [3.05, 3.63) is 38.8 Å². The van der Waals surface area contributed by atoms with Crippen molar-refractivity contribution in [3.8, 4) is 0 Å². The van der Waals surface area contributed by atoms with Crippen molar-refractivity contribution in [2.45, 2.75) is 65.2 Å². The molecule has 1 aromatic heterocycles. The highest BCUT2D eigenvalue weighted by atomic mass is 16.6. The van der Waals surface area contributed by atoms with Crippen molar-refractivity contribution in [3.63, 3.8) is 0 Å². The second-order valence-corrected chi connectivity index (χ2v) is 7.90. The quantitative estimate of drug-likeness (QED) is 0.812. The Labute approximate surface area is 151 Å². The summed E-state index contributed by atoms with van der Waals surface area (Å²) in [5.74, 6) is -1.34. The van der Waals surface area contributed by atoms with Crippen molar-refractivity contribution >= 4 is 17.7 Å². The van der Waals surface area contributed by atoms with Crippen LogP contribution in [-0.4, -0.2) is 27.2 Å². The molecule has 7 heteroatoms. The fraction of sp³-hybridized carbons (Fsp3) is 0.526. The van der Waals surface area contributed by atoms with Crippen LogP contribution < -0.4 is 5.56 Å². The molecule has 1 aromatic rings. The monoisotopic (exact) mass is 361 g/mol. The summed E-state index contributed by atoms with van der Waals surface area (Å²) in [6.45, 7) is 8.56. The van der Waals surface area contributed by atoms with Gasteiger partial charge in [-0.1, -0.05) is 6.92 Å². The summed E-state index contributed by atoms with van der Waals surface area (Å²) in [5, 5.41) is 10.5. The van der Waals surface area contributed by atoms with Gasteiger partial charge in [-0.3, -0.25) is 9.59 Å². The molecule has 1 N–H and O–H groups in total. The summed E-state index contributed by atoms with van der Waals surface area (Å²) in [5.41, 5.74) is -0.856. The molecule has 3 rings (SSSR count). The minimum absolute atomic E-state index is 0.0322. The van der Waals surface area contributed by atoms with Crippen molar-refractivity contribution in [1.82, 2.24) is 4.57 Å². The molecule has 3 heterocycles. The molecule has 0 saturated heterocycles. The molecule has 2 aliphatic rings. The van der Waals surface area contributed by atoms with Gasteiger partial charge < -0.3 is 19.1 Å².